The zero-order chi connectivity index (χ0) is 96.5. The number of carbonyl (C=O) groups excluding carboxylic acids is 6. The van der Waals surface area contributed by atoms with Gasteiger partial charge in [0, 0.05) is 131 Å². The van der Waals surface area contributed by atoms with Crippen molar-refractivity contribution >= 4 is 125 Å². The lowest BCUT2D eigenvalue weighted by Crippen LogP contribution is -2.27. The van der Waals surface area contributed by atoms with Crippen molar-refractivity contribution in [1.29, 1.82) is 0 Å². The van der Waals surface area contributed by atoms with Crippen molar-refractivity contribution < 1.29 is 67.0 Å². The highest BCUT2D eigenvalue weighted by atomic mass is 35.5. The number of nitrogens with two attached hydrogens (primary N) is 2. The molecular weight excluding hydrogens is 1740 g/mol. The Morgan fingerprint density at radius 1 is 0.331 bits per heavy atom. The Kier molecular flexibility index (Phi) is 63.7. The predicted molar refractivity (Wildman–Crippen MR) is 530 cm³/mol. The maximum atomic E-state index is 12.5. The number of non-ortho nitro benzene ring substituents is 2. The number of hydrogen-bond acceptors (Lipinski definition) is 28. The monoisotopic (exact) mass is 1880 g/mol. The van der Waals surface area contributed by atoms with Crippen LogP contribution < -0.4 is 40.2 Å². The smallest absolute Gasteiger partial charge is 0.305 e. The highest BCUT2D eigenvalue weighted by Gasteiger charge is 2.19. The number of likely N-dealkylation sites (N-methyl/N-ethyl adjacent to an activating group) is 2. The molecular formula is C101H148Cl2N14O16. The van der Waals surface area contributed by atoms with Crippen molar-refractivity contribution in [2.24, 2.45) is 52.4 Å². The molecule has 0 bridgehead atoms. The Balaban J connectivity index is 0.000000504. The van der Waals surface area contributed by atoms with Gasteiger partial charge in [0.05, 0.1) is 58.9 Å². The molecule has 0 amide bonds. The number of nitrogens with zero attached hydrogens (tertiary/aromatic N) is 12. The van der Waals surface area contributed by atoms with E-state index in [-0.39, 0.29) is 115 Å². The van der Waals surface area contributed by atoms with Crippen molar-refractivity contribution in [3.8, 4) is 23.0 Å². The summed E-state index contributed by atoms with van der Waals surface area (Å²) < 4.78 is 34.9. The SMILES string of the molecule is CCCCCCCCCCCCCCCCCCC(=O)OCCN(CC)c1ccc(N=Nc2cc(OCCC(C)=O)c(N=Nc3ccc([N+](=O)[O-])cc3)cc2OCCC(=O)CC)cc1.CCCCCCCCCCCCCCCCCCC(=O)OCCN(CC)c1ccc(N=Nc2cc(OCCN)c(N=Nc3ccc([N+](=O)[O-])cc3)cc2OCCN)cc1.O=C(Cl)CCCCC(=O)Cl. The summed E-state index contributed by atoms with van der Waals surface area (Å²) in [6.07, 6.45) is 45.2. The van der Waals surface area contributed by atoms with E-state index < -0.39 is 9.85 Å². The van der Waals surface area contributed by atoms with Crippen LogP contribution in [0.25, 0.3) is 0 Å². The second-order valence-electron chi connectivity index (χ2n) is 32.6. The minimum absolute atomic E-state index is 0.0374. The maximum absolute atomic E-state index is 12.5. The molecule has 0 unspecified atom stereocenters. The van der Waals surface area contributed by atoms with Crippen LogP contribution in [0.3, 0.4) is 0 Å². The van der Waals surface area contributed by atoms with Gasteiger partial charge in [-0.1, -0.05) is 213 Å². The van der Waals surface area contributed by atoms with Gasteiger partial charge >= 0.3 is 11.9 Å². The zero-order valence-electron chi connectivity index (χ0n) is 79.8. The summed E-state index contributed by atoms with van der Waals surface area (Å²) in [5.41, 5.74) is 16.5. The topological polar surface area (TPSA) is 401 Å². The number of ketones is 2. The molecule has 6 aromatic rings. The number of rotatable bonds is 74. The Morgan fingerprint density at radius 2 is 0.586 bits per heavy atom. The minimum Gasteiger partial charge on any atom is -0.491 e. The number of hydrogen-bond donors (Lipinski definition) is 2. The van der Waals surface area contributed by atoms with Gasteiger partial charge in [0.1, 0.15) is 83.7 Å². The van der Waals surface area contributed by atoms with Gasteiger partial charge in [0.2, 0.25) is 10.5 Å². The first-order chi connectivity index (χ1) is 64.6. The van der Waals surface area contributed by atoms with E-state index in [0.717, 1.165) is 50.1 Å². The molecule has 6 rings (SSSR count). The lowest BCUT2D eigenvalue weighted by atomic mass is 10.0. The number of anilines is 2. The number of ether oxygens (including phenoxy) is 6. The standard InChI is InChI=1S/C50H72N6O8.C45H68N8O6.C6H8Cl2O2/c1-5-8-9-10-11-12-13-14-15-16-17-18-19-20-21-22-23-50(59)64-37-34-55(7-3)43-28-24-41(25-29-43)51-54-47-38-48(62-35-32-40(4)57)46(39-49(47)63-36-33-45(58)6-2)53-52-42-26-30-44(31-27-42)56(60)61;1-3-5-6-7-8-9-10-11-12-13-14-15-16-17-18-19-20-45(54)59-34-31-52(4-2)39-25-21-37(22-26-39)48-50-41-35-44(58-33-30-47)42(36-43(41)57-32-29-46)51-49-38-23-27-40(28-24-38)53(55)56;7-5(9)3-1-2-4-6(8)10/h24-31,38-39H,5-23,32-37H2,1-4H3;21-28,35-36H,3-20,29-34,46-47H2,1-2H3;1-4H2. The average molecular weight is 1890 g/mol. The fourth-order valence-corrected chi connectivity index (χ4v) is 14.2. The number of benzene rings is 6. The van der Waals surface area contributed by atoms with Crippen molar-refractivity contribution in [3.63, 3.8) is 0 Å². The van der Waals surface area contributed by atoms with Gasteiger partial charge in [0.15, 0.2) is 0 Å². The summed E-state index contributed by atoms with van der Waals surface area (Å²) in [7, 11) is 0. The lowest BCUT2D eigenvalue weighted by Gasteiger charge is -2.23. The highest BCUT2D eigenvalue weighted by Crippen LogP contribution is 2.44. The zero-order valence-corrected chi connectivity index (χ0v) is 81.3. The van der Waals surface area contributed by atoms with Gasteiger partial charge in [-0.3, -0.25) is 49.0 Å². The van der Waals surface area contributed by atoms with E-state index in [2.05, 4.69) is 71.5 Å². The Morgan fingerprint density at radius 3 is 0.835 bits per heavy atom. The number of halogens is 2. The molecule has 0 atom stereocenters. The van der Waals surface area contributed by atoms with Gasteiger partial charge in [0.25, 0.3) is 11.4 Å². The van der Waals surface area contributed by atoms with Gasteiger partial charge in [-0.25, -0.2) is 0 Å². The second kappa shape index (κ2) is 73.9. The summed E-state index contributed by atoms with van der Waals surface area (Å²) in [5, 5.41) is 56.3. The molecule has 0 fully saturated rings. The van der Waals surface area contributed by atoms with Crippen LogP contribution in [-0.2, 0) is 38.2 Å². The van der Waals surface area contributed by atoms with Crippen LogP contribution in [0.2, 0.25) is 0 Å². The van der Waals surface area contributed by atoms with Crippen LogP contribution in [-0.4, -0.2) is 123 Å². The maximum Gasteiger partial charge on any atom is 0.305 e. The van der Waals surface area contributed by atoms with Gasteiger partial charge in [-0.2, -0.15) is 20.5 Å². The van der Waals surface area contributed by atoms with Crippen molar-refractivity contribution in [2.45, 2.75) is 305 Å². The van der Waals surface area contributed by atoms with E-state index in [1.165, 1.54) is 235 Å². The molecule has 0 saturated heterocycles. The van der Waals surface area contributed by atoms with E-state index in [0.29, 0.717) is 123 Å². The fourth-order valence-electron chi connectivity index (χ4n) is 13.9. The molecule has 0 spiro atoms. The molecule has 0 aliphatic rings. The van der Waals surface area contributed by atoms with Crippen molar-refractivity contribution in [2.75, 3.05) is 88.7 Å². The highest BCUT2D eigenvalue weighted by molar-refractivity contribution is 6.63. The Labute approximate surface area is 798 Å². The molecule has 0 heterocycles. The van der Waals surface area contributed by atoms with Gasteiger partial charge in [-0.05, 0) is 142 Å². The van der Waals surface area contributed by atoms with Crippen LogP contribution in [0.15, 0.2) is 162 Å². The molecule has 732 valence electrons. The van der Waals surface area contributed by atoms with Gasteiger partial charge < -0.3 is 49.7 Å². The number of azo groups is 4. The average Bonchev–Trinajstić information content (AvgIpc) is 0.821. The fraction of sp³-hybridized carbons (Fsp3) is 0.584. The molecule has 0 aliphatic carbocycles. The Bertz CT molecular complexity index is 4380. The minimum atomic E-state index is -0.500. The summed E-state index contributed by atoms with van der Waals surface area (Å²) in [5.74, 6) is 0.973. The van der Waals surface area contributed by atoms with Crippen LogP contribution in [0.1, 0.15) is 305 Å². The predicted octanol–water partition coefficient (Wildman–Crippen LogP) is 28.8. The number of carbonyl (C=O) groups is 6. The van der Waals surface area contributed by atoms with E-state index in [9.17, 15) is 49.0 Å². The number of Topliss-reactive ketones (excluding diaryl/α,β-unsaturated/α-hetero) is 2. The van der Waals surface area contributed by atoms with E-state index >= 15 is 0 Å². The molecule has 0 radical (unpaired) electrons. The summed E-state index contributed by atoms with van der Waals surface area (Å²) in [6.45, 7) is 16.3. The summed E-state index contributed by atoms with van der Waals surface area (Å²) in [6, 6.07) is 32.9. The number of unbranched alkanes of at least 4 members (excludes halogenated alkanes) is 31. The number of esters is 2. The molecule has 133 heavy (non-hydrogen) atoms. The van der Waals surface area contributed by atoms with Crippen LogP contribution >= 0.6 is 23.2 Å². The summed E-state index contributed by atoms with van der Waals surface area (Å²) >= 11 is 10.1. The molecule has 0 saturated carbocycles. The van der Waals surface area contributed by atoms with E-state index in [1.807, 2.05) is 55.5 Å². The molecule has 0 aliphatic heterocycles. The third-order valence-corrected chi connectivity index (χ3v) is 22.1. The molecule has 30 nitrogen and oxygen atoms in total. The number of nitro groups is 2. The first-order valence-corrected chi connectivity index (χ1v) is 49.2. The molecule has 32 heteroatoms. The molecule has 4 N–H and O–H groups in total. The molecule has 0 aromatic heterocycles. The second-order valence-corrected chi connectivity index (χ2v) is 33.5. The van der Waals surface area contributed by atoms with E-state index in [1.54, 1.807) is 31.2 Å². The number of nitro benzene ring substituents is 2. The first kappa shape index (κ1) is 115. The van der Waals surface area contributed by atoms with Crippen molar-refractivity contribution in [1.82, 2.24) is 0 Å². The summed E-state index contributed by atoms with van der Waals surface area (Å²) in [4.78, 5) is 94.3. The third-order valence-electron chi connectivity index (χ3n) is 21.7. The third kappa shape index (κ3) is 54.4. The lowest BCUT2D eigenvalue weighted by molar-refractivity contribution is -0.385. The normalized spacial score (nSPS) is 11.2. The first-order valence-electron chi connectivity index (χ1n) is 48.5. The van der Waals surface area contributed by atoms with Crippen LogP contribution in [0.4, 0.5) is 68.2 Å². The van der Waals surface area contributed by atoms with Crippen LogP contribution in [0.5, 0.6) is 23.0 Å². The van der Waals surface area contributed by atoms with Crippen molar-refractivity contribution in [3.05, 3.63) is 142 Å². The Hall–Kier alpha value is -10.6. The van der Waals surface area contributed by atoms with Crippen LogP contribution in [0, 0.1) is 20.2 Å². The molecule has 6 aromatic carbocycles. The van der Waals surface area contributed by atoms with E-state index in [4.69, 9.17) is 63.1 Å². The van der Waals surface area contributed by atoms with Gasteiger partial charge in [-0.15, -0.1) is 20.5 Å². The largest absolute Gasteiger partial charge is 0.491 e. The quantitative estimate of drug-likeness (QED) is 0.00894.